The minimum atomic E-state index is -0.797. The van der Waals surface area contributed by atoms with E-state index in [4.69, 9.17) is 11.6 Å². The molecule has 0 aromatic heterocycles. The second-order valence-electron chi connectivity index (χ2n) is 2.34. The van der Waals surface area contributed by atoms with Gasteiger partial charge in [0.2, 0.25) is 0 Å². The van der Waals surface area contributed by atoms with E-state index in [1.807, 2.05) is 0 Å². The molecule has 0 bridgehead atoms. The van der Waals surface area contributed by atoms with Gasteiger partial charge in [0.15, 0.2) is 0 Å². The summed E-state index contributed by atoms with van der Waals surface area (Å²) in [6.07, 6.45) is -0.797. The molecule has 1 N–H and O–H groups in total. The number of halogens is 3. The van der Waals surface area contributed by atoms with Crippen LogP contribution < -0.4 is 0 Å². The Balaban J connectivity index is 2.96. The third-order valence-corrected chi connectivity index (χ3v) is 2.41. The molecule has 0 amide bonds. The fraction of sp³-hybridized carbons (Fsp3) is 0.250. The number of hydrogen-bond acceptors (Lipinski definition) is 1. The Hall–Kier alpha value is -0.120. The van der Waals surface area contributed by atoms with E-state index in [1.165, 1.54) is 6.07 Å². The van der Waals surface area contributed by atoms with Crippen molar-refractivity contribution >= 4 is 27.5 Å². The fourth-order valence-corrected chi connectivity index (χ4v) is 1.23. The average molecular weight is 253 g/mol. The van der Waals surface area contributed by atoms with E-state index in [0.717, 1.165) is 0 Å². The highest BCUT2D eigenvalue weighted by Crippen LogP contribution is 2.21. The van der Waals surface area contributed by atoms with Crippen LogP contribution >= 0.6 is 27.5 Å². The minimum absolute atomic E-state index is 0.0705. The first-order valence-electron chi connectivity index (χ1n) is 3.34. The van der Waals surface area contributed by atoms with Crippen LogP contribution in [0, 0.1) is 5.82 Å². The summed E-state index contributed by atoms with van der Waals surface area (Å²) in [7, 11) is 0. The van der Waals surface area contributed by atoms with Crippen LogP contribution in [0.5, 0.6) is 0 Å². The van der Waals surface area contributed by atoms with Crippen molar-refractivity contribution in [3.05, 3.63) is 34.1 Å². The third kappa shape index (κ3) is 2.19. The number of benzene rings is 1. The van der Waals surface area contributed by atoms with Crippen LogP contribution in [0.15, 0.2) is 22.7 Å². The molecule has 0 aliphatic carbocycles. The van der Waals surface area contributed by atoms with Gasteiger partial charge < -0.3 is 5.11 Å². The predicted octanol–water partition coefficient (Wildman–Crippen LogP) is 2.86. The van der Waals surface area contributed by atoms with Gasteiger partial charge in [-0.25, -0.2) is 4.39 Å². The lowest BCUT2D eigenvalue weighted by atomic mass is 10.1. The van der Waals surface area contributed by atoms with Crippen LogP contribution in [-0.2, 0) is 0 Å². The standard InChI is InChI=1S/C8H7BrClFO/c9-6-2-1-5(3-7(6)11)8(12)4-10/h1-3,8,12H,4H2/t8-/m0/s1. The van der Waals surface area contributed by atoms with Crippen molar-refractivity contribution in [2.45, 2.75) is 6.10 Å². The molecule has 1 atom stereocenters. The summed E-state index contributed by atoms with van der Waals surface area (Å²) in [5.41, 5.74) is 0.491. The highest BCUT2D eigenvalue weighted by molar-refractivity contribution is 9.10. The second kappa shape index (κ2) is 4.21. The van der Waals surface area contributed by atoms with Gasteiger partial charge in [0.1, 0.15) is 5.82 Å². The van der Waals surface area contributed by atoms with Gasteiger partial charge in [0.25, 0.3) is 0 Å². The zero-order valence-electron chi connectivity index (χ0n) is 6.10. The first kappa shape index (κ1) is 9.96. The van der Waals surface area contributed by atoms with Gasteiger partial charge in [-0.2, -0.15) is 0 Å². The summed E-state index contributed by atoms with van der Waals surface area (Å²) in [5, 5.41) is 9.23. The molecule has 1 rings (SSSR count). The second-order valence-corrected chi connectivity index (χ2v) is 3.51. The maximum Gasteiger partial charge on any atom is 0.137 e. The Kier molecular flexibility index (Phi) is 3.50. The molecule has 0 aliphatic rings. The molecule has 0 radical (unpaired) electrons. The van der Waals surface area contributed by atoms with Crippen LogP contribution in [0.4, 0.5) is 4.39 Å². The lowest BCUT2D eigenvalue weighted by Crippen LogP contribution is -1.98. The van der Waals surface area contributed by atoms with Gasteiger partial charge in [-0.3, -0.25) is 0 Å². The van der Waals surface area contributed by atoms with Crippen LogP contribution in [0.25, 0.3) is 0 Å². The fourth-order valence-electron chi connectivity index (χ4n) is 0.809. The molecule has 12 heavy (non-hydrogen) atoms. The Morgan fingerprint density at radius 2 is 2.25 bits per heavy atom. The molecule has 0 fully saturated rings. The van der Waals surface area contributed by atoms with Crippen LogP contribution in [0.2, 0.25) is 0 Å². The molecule has 1 nitrogen and oxygen atoms in total. The summed E-state index contributed by atoms with van der Waals surface area (Å²) in [5.74, 6) is -0.321. The summed E-state index contributed by atoms with van der Waals surface area (Å²) in [6, 6.07) is 4.43. The average Bonchev–Trinajstić information content (AvgIpc) is 2.08. The smallest absolute Gasteiger partial charge is 0.137 e. The SMILES string of the molecule is O[C@@H](CCl)c1ccc(Br)c(F)c1. The maximum atomic E-state index is 12.9. The number of aliphatic hydroxyl groups excluding tert-OH is 1. The van der Waals surface area contributed by atoms with Crippen molar-refractivity contribution < 1.29 is 9.50 Å². The third-order valence-electron chi connectivity index (χ3n) is 1.47. The Morgan fingerprint density at radius 1 is 1.58 bits per heavy atom. The van der Waals surface area contributed by atoms with Crippen molar-refractivity contribution in [3.8, 4) is 0 Å². The van der Waals surface area contributed by atoms with E-state index in [9.17, 15) is 9.50 Å². The minimum Gasteiger partial charge on any atom is -0.387 e. The topological polar surface area (TPSA) is 20.2 Å². The van der Waals surface area contributed by atoms with Crippen molar-refractivity contribution in [2.24, 2.45) is 0 Å². The Labute approximate surface area is 83.3 Å². The molecule has 0 saturated carbocycles. The highest BCUT2D eigenvalue weighted by Gasteiger charge is 2.07. The van der Waals surface area contributed by atoms with Gasteiger partial charge >= 0.3 is 0 Å². The molecule has 66 valence electrons. The van der Waals surface area contributed by atoms with E-state index >= 15 is 0 Å². The molecule has 0 unspecified atom stereocenters. The van der Waals surface area contributed by atoms with Crippen molar-refractivity contribution in [2.75, 3.05) is 5.88 Å². The lowest BCUT2D eigenvalue weighted by molar-refractivity contribution is 0.202. The summed E-state index contributed by atoms with van der Waals surface area (Å²) < 4.78 is 13.3. The lowest BCUT2D eigenvalue weighted by Gasteiger charge is -2.06. The molecule has 4 heteroatoms. The quantitative estimate of drug-likeness (QED) is 0.804. The highest BCUT2D eigenvalue weighted by atomic mass is 79.9. The molecule has 0 spiro atoms. The molecule has 0 saturated heterocycles. The normalized spacial score (nSPS) is 13.0. The van der Waals surface area contributed by atoms with Crippen molar-refractivity contribution in [3.63, 3.8) is 0 Å². The molecular weight excluding hydrogens is 246 g/mol. The number of hydrogen-bond donors (Lipinski definition) is 1. The Morgan fingerprint density at radius 3 is 2.75 bits per heavy atom. The van der Waals surface area contributed by atoms with Gasteiger partial charge in [0.05, 0.1) is 16.5 Å². The molecule has 0 heterocycles. The Bertz CT molecular complexity index is 280. The van der Waals surface area contributed by atoms with Gasteiger partial charge in [0, 0.05) is 0 Å². The van der Waals surface area contributed by atoms with E-state index in [-0.39, 0.29) is 5.88 Å². The first-order valence-corrected chi connectivity index (χ1v) is 4.67. The monoisotopic (exact) mass is 252 g/mol. The van der Waals surface area contributed by atoms with E-state index in [2.05, 4.69) is 15.9 Å². The van der Waals surface area contributed by atoms with Crippen LogP contribution in [0.1, 0.15) is 11.7 Å². The molecule has 1 aromatic carbocycles. The van der Waals surface area contributed by atoms with Gasteiger partial charge in [-0.05, 0) is 33.6 Å². The zero-order valence-corrected chi connectivity index (χ0v) is 8.44. The van der Waals surface area contributed by atoms with E-state index in [1.54, 1.807) is 12.1 Å². The number of rotatable bonds is 2. The summed E-state index contributed by atoms with van der Waals surface area (Å²) >= 11 is 8.41. The molecule has 0 aliphatic heterocycles. The summed E-state index contributed by atoms with van der Waals surface area (Å²) in [6.45, 7) is 0. The maximum absolute atomic E-state index is 12.9. The van der Waals surface area contributed by atoms with Crippen molar-refractivity contribution in [1.82, 2.24) is 0 Å². The first-order chi connectivity index (χ1) is 5.65. The number of alkyl halides is 1. The predicted molar refractivity (Wildman–Crippen MR) is 49.8 cm³/mol. The van der Waals surface area contributed by atoms with Crippen LogP contribution in [0.3, 0.4) is 0 Å². The van der Waals surface area contributed by atoms with E-state index in [0.29, 0.717) is 10.0 Å². The molecule has 1 aromatic rings. The van der Waals surface area contributed by atoms with Gasteiger partial charge in [-0.1, -0.05) is 6.07 Å². The number of aliphatic hydroxyl groups is 1. The zero-order chi connectivity index (χ0) is 9.14. The molecular formula is C8H7BrClFO. The van der Waals surface area contributed by atoms with E-state index < -0.39 is 11.9 Å². The summed E-state index contributed by atoms with van der Waals surface area (Å²) in [4.78, 5) is 0. The van der Waals surface area contributed by atoms with Crippen molar-refractivity contribution in [1.29, 1.82) is 0 Å². The van der Waals surface area contributed by atoms with Crippen LogP contribution in [-0.4, -0.2) is 11.0 Å². The van der Waals surface area contributed by atoms with Gasteiger partial charge in [-0.15, -0.1) is 11.6 Å². The largest absolute Gasteiger partial charge is 0.387 e.